The standard InChI is InChI=1S/C11H12N4O2S/c1-7(16)10-14-15(8(2)17)11(12,18-10)9-3-5-13-6-4-9/h3-6H,12H2,1-2H3. The van der Waals surface area contributed by atoms with Crippen LogP contribution < -0.4 is 5.73 Å². The molecule has 1 aromatic heterocycles. The summed E-state index contributed by atoms with van der Waals surface area (Å²) in [4.78, 5) is 25.7. The van der Waals surface area contributed by atoms with E-state index in [1.165, 1.54) is 13.8 Å². The Hall–Kier alpha value is -1.73. The lowest BCUT2D eigenvalue weighted by Gasteiger charge is -2.30. The second-order valence-electron chi connectivity index (χ2n) is 3.83. The number of hydrazone groups is 1. The van der Waals surface area contributed by atoms with Crippen LogP contribution in [0.15, 0.2) is 29.6 Å². The van der Waals surface area contributed by atoms with Gasteiger partial charge in [0.15, 0.2) is 15.8 Å². The molecule has 18 heavy (non-hydrogen) atoms. The summed E-state index contributed by atoms with van der Waals surface area (Å²) >= 11 is 1.07. The summed E-state index contributed by atoms with van der Waals surface area (Å²) in [7, 11) is 0. The molecule has 1 aliphatic heterocycles. The van der Waals surface area contributed by atoms with Crippen LogP contribution in [0.3, 0.4) is 0 Å². The maximum Gasteiger partial charge on any atom is 0.242 e. The largest absolute Gasteiger partial charge is 0.294 e. The van der Waals surface area contributed by atoms with Gasteiger partial charge in [0.05, 0.1) is 0 Å². The van der Waals surface area contributed by atoms with Crippen molar-refractivity contribution >= 4 is 28.5 Å². The first-order valence-electron chi connectivity index (χ1n) is 5.24. The average Bonchev–Trinajstić information content (AvgIpc) is 2.70. The zero-order valence-electron chi connectivity index (χ0n) is 9.95. The Labute approximate surface area is 108 Å². The maximum absolute atomic E-state index is 11.6. The summed E-state index contributed by atoms with van der Waals surface area (Å²) < 4.78 is 0. The van der Waals surface area contributed by atoms with Gasteiger partial charge in [-0.15, -0.1) is 0 Å². The second kappa shape index (κ2) is 4.51. The van der Waals surface area contributed by atoms with E-state index in [4.69, 9.17) is 5.73 Å². The van der Waals surface area contributed by atoms with E-state index < -0.39 is 4.99 Å². The zero-order chi connectivity index (χ0) is 13.3. The molecule has 2 rings (SSSR count). The maximum atomic E-state index is 11.6. The Kier molecular flexibility index (Phi) is 3.18. The molecule has 0 saturated carbocycles. The molecule has 0 fully saturated rings. The number of Topliss-reactive ketones (excluding diaryl/α,β-unsaturated/α-hetero) is 1. The third-order valence-electron chi connectivity index (χ3n) is 2.45. The van der Waals surface area contributed by atoms with Gasteiger partial charge < -0.3 is 0 Å². The summed E-state index contributed by atoms with van der Waals surface area (Å²) in [6.45, 7) is 2.75. The van der Waals surface area contributed by atoms with Gasteiger partial charge in [-0.3, -0.25) is 20.3 Å². The van der Waals surface area contributed by atoms with Crippen LogP contribution in [0.4, 0.5) is 0 Å². The van der Waals surface area contributed by atoms with E-state index in [-0.39, 0.29) is 16.7 Å². The minimum Gasteiger partial charge on any atom is -0.294 e. The number of ketones is 1. The molecule has 0 bridgehead atoms. The van der Waals surface area contributed by atoms with Crippen LogP contribution in [0, 0.1) is 0 Å². The van der Waals surface area contributed by atoms with Crippen molar-refractivity contribution in [3.05, 3.63) is 30.1 Å². The van der Waals surface area contributed by atoms with Crippen molar-refractivity contribution in [2.24, 2.45) is 10.8 Å². The molecular formula is C11H12N4O2S. The van der Waals surface area contributed by atoms with Gasteiger partial charge >= 0.3 is 0 Å². The van der Waals surface area contributed by atoms with Gasteiger partial charge in [0.1, 0.15) is 0 Å². The molecule has 94 valence electrons. The zero-order valence-corrected chi connectivity index (χ0v) is 10.8. The number of nitrogens with two attached hydrogens (primary N) is 1. The van der Waals surface area contributed by atoms with Crippen LogP contribution >= 0.6 is 11.8 Å². The molecule has 1 atom stereocenters. The van der Waals surface area contributed by atoms with Crippen molar-refractivity contribution in [2.45, 2.75) is 18.8 Å². The highest BCUT2D eigenvalue weighted by Gasteiger charge is 2.45. The number of carbonyl (C=O) groups is 2. The normalized spacial score (nSPS) is 22.8. The Balaban J connectivity index is 2.45. The second-order valence-corrected chi connectivity index (χ2v) is 5.04. The summed E-state index contributed by atoms with van der Waals surface area (Å²) in [5.41, 5.74) is 6.89. The van der Waals surface area contributed by atoms with Gasteiger partial charge in [-0.2, -0.15) is 10.1 Å². The van der Waals surface area contributed by atoms with E-state index in [0.717, 1.165) is 16.8 Å². The molecule has 0 saturated heterocycles. The van der Waals surface area contributed by atoms with Gasteiger partial charge in [0.2, 0.25) is 5.91 Å². The number of carbonyl (C=O) groups excluding carboxylic acids is 2. The van der Waals surface area contributed by atoms with E-state index >= 15 is 0 Å². The molecule has 7 heteroatoms. The van der Waals surface area contributed by atoms with Crippen LogP contribution in [0.1, 0.15) is 19.4 Å². The third kappa shape index (κ3) is 2.02. The highest BCUT2D eigenvalue weighted by atomic mass is 32.2. The Bertz CT molecular complexity index is 531. The first-order valence-corrected chi connectivity index (χ1v) is 6.05. The summed E-state index contributed by atoms with van der Waals surface area (Å²) in [5, 5.41) is 5.34. The SMILES string of the molecule is CC(=O)C1=NN(C(C)=O)C(N)(c2ccncc2)S1. The van der Waals surface area contributed by atoms with E-state index in [9.17, 15) is 9.59 Å². The van der Waals surface area contributed by atoms with E-state index in [1.807, 2.05) is 0 Å². The van der Waals surface area contributed by atoms with Gasteiger partial charge in [-0.1, -0.05) is 0 Å². The number of amides is 1. The predicted molar refractivity (Wildman–Crippen MR) is 68.3 cm³/mol. The van der Waals surface area contributed by atoms with Crippen LogP contribution in [-0.4, -0.2) is 26.7 Å². The van der Waals surface area contributed by atoms with Crippen molar-refractivity contribution in [3.8, 4) is 0 Å². The van der Waals surface area contributed by atoms with Gasteiger partial charge in [0, 0.05) is 31.8 Å². The molecule has 2 heterocycles. The van der Waals surface area contributed by atoms with Crippen molar-refractivity contribution in [2.75, 3.05) is 0 Å². The fraction of sp³-hybridized carbons (Fsp3) is 0.273. The molecule has 6 nitrogen and oxygen atoms in total. The lowest BCUT2D eigenvalue weighted by atomic mass is 10.2. The molecule has 1 unspecified atom stereocenters. The number of rotatable bonds is 2. The van der Waals surface area contributed by atoms with E-state index in [0.29, 0.717) is 5.56 Å². The monoisotopic (exact) mass is 264 g/mol. The number of pyridine rings is 1. The first-order chi connectivity index (χ1) is 8.45. The molecule has 0 aliphatic carbocycles. The lowest BCUT2D eigenvalue weighted by molar-refractivity contribution is -0.132. The van der Waals surface area contributed by atoms with Crippen molar-refractivity contribution in [1.29, 1.82) is 0 Å². The molecular weight excluding hydrogens is 252 g/mol. The Morgan fingerprint density at radius 3 is 2.44 bits per heavy atom. The summed E-state index contributed by atoms with van der Waals surface area (Å²) in [6.07, 6.45) is 3.16. The quantitative estimate of drug-likeness (QED) is 0.847. The van der Waals surface area contributed by atoms with Gasteiger partial charge in [-0.05, 0) is 23.9 Å². The van der Waals surface area contributed by atoms with Crippen molar-refractivity contribution < 1.29 is 9.59 Å². The van der Waals surface area contributed by atoms with Crippen molar-refractivity contribution in [3.63, 3.8) is 0 Å². The molecule has 0 spiro atoms. The summed E-state index contributed by atoms with van der Waals surface area (Å²) in [6, 6.07) is 3.39. The Morgan fingerprint density at radius 1 is 1.33 bits per heavy atom. The number of thioether (sulfide) groups is 1. The van der Waals surface area contributed by atoms with Gasteiger partial charge in [-0.25, -0.2) is 0 Å². The first kappa shape index (κ1) is 12.7. The van der Waals surface area contributed by atoms with E-state index in [1.54, 1.807) is 24.5 Å². The van der Waals surface area contributed by atoms with Gasteiger partial charge in [0.25, 0.3) is 0 Å². The van der Waals surface area contributed by atoms with Crippen LogP contribution in [0.5, 0.6) is 0 Å². The average molecular weight is 264 g/mol. The van der Waals surface area contributed by atoms with Crippen LogP contribution in [0.25, 0.3) is 0 Å². The smallest absolute Gasteiger partial charge is 0.242 e. The minimum absolute atomic E-state index is 0.215. The number of aromatic nitrogens is 1. The number of hydrogen-bond donors (Lipinski definition) is 1. The van der Waals surface area contributed by atoms with Crippen LogP contribution in [-0.2, 0) is 14.6 Å². The summed E-state index contributed by atoms with van der Waals surface area (Å²) in [5.74, 6) is -0.536. The lowest BCUT2D eigenvalue weighted by Crippen LogP contribution is -2.47. The molecule has 1 amide bonds. The molecule has 0 radical (unpaired) electrons. The number of hydrogen-bond acceptors (Lipinski definition) is 6. The predicted octanol–water partition coefficient (Wildman–Crippen LogP) is 0.648. The fourth-order valence-electron chi connectivity index (χ4n) is 1.59. The highest BCUT2D eigenvalue weighted by molar-refractivity contribution is 8.16. The van der Waals surface area contributed by atoms with E-state index in [2.05, 4.69) is 10.1 Å². The molecule has 0 aromatic carbocycles. The fourth-order valence-corrected chi connectivity index (χ4v) is 2.67. The molecule has 1 aliphatic rings. The topological polar surface area (TPSA) is 88.7 Å². The minimum atomic E-state index is -1.18. The van der Waals surface area contributed by atoms with Crippen LogP contribution in [0.2, 0.25) is 0 Å². The highest BCUT2D eigenvalue weighted by Crippen LogP contribution is 2.41. The molecule has 1 aromatic rings. The molecule has 2 N–H and O–H groups in total. The third-order valence-corrected chi connectivity index (χ3v) is 3.73. The number of nitrogens with zero attached hydrogens (tertiary/aromatic N) is 3. The van der Waals surface area contributed by atoms with Crippen molar-refractivity contribution in [1.82, 2.24) is 9.99 Å². The Morgan fingerprint density at radius 2 is 1.94 bits per heavy atom.